The number of hydrogen-bond acceptors (Lipinski definition) is 3. The van der Waals surface area contributed by atoms with E-state index < -0.39 is 10.0 Å². The molecule has 84 valence electrons. The van der Waals surface area contributed by atoms with Crippen molar-refractivity contribution in [1.29, 1.82) is 0 Å². The lowest BCUT2D eigenvalue weighted by Gasteiger charge is -2.09. The van der Waals surface area contributed by atoms with Crippen molar-refractivity contribution < 1.29 is 8.42 Å². The van der Waals surface area contributed by atoms with Gasteiger partial charge >= 0.3 is 0 Å². The second kappa shape index (κ2) is 4.65. The van der Waals surface area contributed by atoms with Gasteiger partial charge in [-0.2, -0.15) is 0 Å². The molecule has 0 aliphatic carbocycles. The van der Waals surface area contributed by atoms with Crippen molar-refractivity contribution in [2.45, 2.75) is 18.7 Å². The van der Waals surface area contributed by atoms with E-state index in [-0.39, 0.29) is 15.2 Å². The van der Waals surface area contributed by atoms with Crippen LogP contribution in [-0.2, 0) is 10.0 Å². The minimum atomic E-state index is -3.59. The summed E-state index contributed by atoms with van der Waals surface area (Å²) >= 11 is 11.4. The Balaban J connectivity index is 3.38. The van der Waals surface area contributed by atoms with Gasteiger partial charge in [-0.1, -0.05) is 30.1 Å². The van der Waals surface area contributed by atoms with Gasteiger partial charge in [-0.25, -0.2) is 18.1 Å². The molecule has 0 fully saturated rings. The number of nitrogens with one attached hydrogen (secondary N) is 1. The summed E-state index contributed by atoms with van der Waals surface area (Å²) in [6.07, 6.45) is 0. The van der Waals surface area contributed by atoms with Crippen molar-refractivity contribution in [3.05, 3.63) is 21.9 Å². The molecule has 1 aromatic heterocycles. The Hall–Kier alpha value is -0.360. The number of rotatable bonds is 3. The van der Waals surface area contributed by atoms with Crippen LogP contribution in [0.3, 0.4) is 0 Å². The Labute approximate surface area is 98.7 Å². The Morgan fingerprint density at radius 2 is 2.07 bits per heavy atom. The van der Waals surface area contributed by atoms with Crippen LogP contribution in [0.25, 0.3) is 0 Å². The van der Waals surface area contributed by atoms with Crippen LogP contribution in [0.1, 0.15) is 12.5 Å². The minimum Gasteiger partial charge on any atom is -0.223 e. The number of nitrogens with zero attached hydrogens (tertiary/aromatic N) is 1. The minimum absolute atomic E-state index is 0.0181. The molecule has 0 spiro atoms. The summed E-state index contributed by atoms with van der Waals surface area (Å²) in [5, 5.41) is 0.0638. The Morgan fingerprint density at radius 3 is 2.53 bits per heavy atom. The van der Waals surface area contributed by atoms with E-state index in [0.29, 0.717) is 12.1 Å². The molecule has 0 saturated carbocycles. The zero-order valence-corrected chi connectivity index (χ0v) is 10.5. The van der Waals surface area contributed by atoms with Gasteiger partial charge in [-0.15, -0.1) is 0 Å². The van der Waals surface area contributed by atoms with E-state index in [1.807, 2.05) is 0 Å². The molecule has 0 aromatic carbocycles. The van der Waals surface area contributed by atoms with Gasteiger partial charge in [-0.3, -0.25) is 0 Å². The monoisotopic (exact) mass is 268 g/mol. The summed E-state index contributed by atoms with van der Waals surface area (Å²) in [6, 6.07) is 1.46. The number of hydrogen-bond donors (Lipinski definition) is 1. The zero-order valence-electron chi connectivity index (χ0n) is 8.21. The van der Waals surface area contributed by atoms with Gasteiger partial charge in [-0.05, 0) is 18.6 Å². The molecule has 0 saturated heterocycles. The molecule has 7 heteroatoms. The molecule has 0 aliphatic heterocycles. The van der Waals surface area contributed by atoms with Crippen LogP contribution in [0.4, 0.5) is 0 Å². The van der Waals surface area contributed by atoms with E-state index in [2.05, 4.69) is 9.71 Å². The van der Waals surface area contributed by atoms with Crippen LogP contribution in [-0.4, -0.2) is 19.9 Å². The average molecular weight is 269 g/mol. The molecule has 1 N–H and O–H groups in total. The summed E-state index contributed by atoms with van der Waals surface area (Å²) in [6.45, 7) is 3.59. The fraction of sp³-hybridized carbons (Fsp3) is 0.375. The third kappa shape index (κ3) is 2.81. The van der Waals surface area contributed by atoms with Crippen molar-refractivity contribution in [1.82, 2.24) is 9.71 Å². The van der Waals surface area contributed by atoms with Gasteiger partial charge < -0.3 is 0 Å². The van der Waals surface area contributed by atoms with Crippen molar-refractivity contribution in [2.75, 3.05) is 6.54 Å². The molecule has 0 unspecified atom stereocenters. The zero-order chi connectivity index (χ0) is 11.6. The molecule has 1 rings (SSSR count). The van der Waals surface area contributed by atoms with Crippen molar-refractivity contribution in [3.63, 3.8) is 0 Å². The second-order valence-corrected chi connectivity index (χ2v) is 5.33. The number of halogens is 2. The lowest BCUT2D eigenvalue weighted by molar-refractivity contribution is 0.583. The fourth-order valence-corrected chi connectivity index (χ4v) is 3.28. The smallest absolute Gasteiger partial charge is 0.223 e. The molecular formula is C8H10Cl2N2O2S. The molecule has 0 atom stereocenters. The summed E-state index contributed by atoms with van der Waals surface area (Å²) < 4.78 is 25.8. The quantitative estimate of drug-likeness (QED) is 0.854. The van der Waals surface area contributed by atoms with Crippen LogP contribution < -0.4 is 4.72 Å². The highest BCUT2D eigenvalue weighted by Crippen LogP contribution is 2.25. The summed E-state index contributed by atoms with van der Waals surface area (Å²) in [7, 11) is -3.59. The number of aryl methyl sites for hydroxylation is 1. The molecule has 0 radical (unpaired) electrons. The first-order chi connectivity index (χ1) is 6.88. The van der Waals surface area contributed by atoms with Gasteiger partial charge in [0.1, 0.15) is 10.0 Å². The van der Waals surface area contributed by atoms with Gasteiger partial charge in [0.2, 0.25) is 10.0 Å². The second-order valence-electron chi connectivity index (χ2n) is 2.88. The van der Waals surface area contributed by atoms with Crippen molar-refractivity contribution >= 4 is 33.2 Å². The number of pyridine rings is 1. The maximum atomic E-state index is 11.7. The van der Waals surface area contributed by atoms with E-state index >= 15 is 0 Å². The Morgan fingerprint density at radius 1 is 1.47 bits per heavy atom. The largest absolute Gasteiger partial charge is 0.243 e. The van der Waals surface area contributed by atoms with Gasteiger partial charge in [0.15, 0.2) is 5.15 Å². The lowest BCUT2D eigenvalue weighted by atomic mass is 10.3. The standard InChI is InChI=1S/C8H10Cl2N2O2S/c1-3-11-15(13,14)7-5(2)4-6(9)12-8(7)10/h4,11H,3H2,1-2H3. The molecular weight excluding hydrogens is 259 g/mol. The molecule has 1 aromatic rings. The predicted octanol–water partition coefficient (Wildman–Crippen LogP) is 2.00. The van der Waals surface area contributed by atoms with Crippen LogP contribution in [0.15, 0.2) is 11.0 Å². The average Bonchev–Trinajstić information content (AvgIpc) is 1.99. The maximum absolute atomic E-state index is 11.7. The van der Waals surface area contributed by atoms with E-state index in [0.717, 1.165) is 0 Å². The molecule has 0 aliphatic rings. The van der Waals surface area contributed by atoms with Crippen LogP contribution in [0.2, 0.25) is 10.3 Å². The van der Waals surface area contributed by atoms with E-state index in [4.69, 9.17) is 23.2 Å². The highest BCUT2D eigenvalue weighted by molar-refractivity contribution is 7.89. The Kier molecular flexibility index (Phi) is 3.94. The SMILES string of the molecule is CCNS(=O)(=O)c1c(C)cc(Cl)nc1Cl. The van der Waals surface area contributed by atoms with Crippen LogP contribution in [0.5, 0.6) is 0 Å². The van der Waals surface area contributed by atoms with Crippen molar-refractivity contribution in [3.8, 4) is 0 Å². The molecule has 1 heterocycles. The van der Waals surface area contributed by atoms with E-state index in [1.54, 1.807) is 13.8 Å². The number of sulfonamides is 1. The third-order valence-electron chi connectivity index (χ3n) is 1.69. The predicted molar refractivity (Wildman–Crippen MR) is 59.9 cm³/mol. The van der Waals surface area contributed by atoms with Gasteiger partial charge in [0, 0.05) is 6.54 Å². The molecule has 0 amide bonds. The van der Waals surface area contributed by atoms with E-state index in [1.165, 1.54) is 6.07 Å². The summed E-state index contributed by atoms with van der Waals surface area (Å²) in [5.74, 6) is 0. The highest BCUT2D eigenvalue weighted by atomic mass is 35.5. The topological polar surface area (TPSA) is 59.1 Å². The molecule has 15 heavy (non-hydrogen) atoms. The highest BCUT2D eigenvalue weighted by Gasteiger charge is 2.21. The van der Waals surface area contributed by atoms with Crippen LogP contribution >= 0.6 is 23.2 Å². The lowest BCUT2D eigenvalue weighted by Crippen LogP contribution is -2.24. The fourth-order valence-electron chi connectivity index (χ4n) is 1.17. The Bertz CT molecular complexity index is 451. The first-order valence-corrected chi connectivity index (χ1v) is 6.44. The van der Waals surface area contributed by atoms with Crippen molar-refractivity contribution in [2.24, 2.45) is 0 Å². The number of aromatic nitrogens is 1. The van der Waals surface area contributed by atoms with Gasteiger partial charge in [0.25, 0.3) is 0 Å². The van der Waals surface area contributed by atoms with Gasteiger partial charge in [0.05, 0.1) is 0 Å². The molecule has 0 bridgehead atoms. The van der Waals surface area contributed by atoms with E-state index in [9.17, 15) is 8.42 Å². The first-order valence-electron chi connectivity index (χ1n) is 4.20. The normalized spacial score (nSPS) is 11.7. The summed E-state index contributed by atoms with van der Waals surface area (Å²) in [4.78, 5) is 3.68. The third-order valence-corrected chi connectivity index (χ3v) is 3.99. The first kappa shape index (κ1) is 12.7. The molecule has 4 nitrogen and oxygen atoms in total. The maximum Gasteiger partial charge on any atom is 0.243 e. The summed E-state index contributed by atoms with van der Waals surface area (Å²) in [5.41, 5.74) is 0.473. The van der Waals surface area contributed by atoms with Crippen LogP contribution in [0, 0.1) is 6.92 Å².